The molecule has 0 aliphatic rings. The molecule has 0 bridgehead atoms. The molecule has 1 amide bonds. The predicted octanol–water partition coefficient (Wildman–Crippen LogP) is 7.35. The highest BCUT2D eigenvalue weighted by Gasteiger charge is 2.30. The number of amides is 1. The van der Waals surface area contributed by atoms with Gasteiger partial charge in [0, 0.05) is 6.42 Å². The first-order valence-corrected chi connectivity index (χ1v) is 12.7. The Labute approximate surface area is 238 Å². The molecule has 0 unspecified atom stereocenters. The van der Waals surface area contributed by atoms with Crippen molar-refractivity contribution in [3.8, 4) is 28.0 Å². The number of hydrogen-bond acceptors (Lipinski definition) is 4. The van der Waals surface area contributed by atoms with Crippen LogP contribution in [0.4, 0.5) is 17.6 Å². The van der Waals surface area contributed by atoms with Gasteiger partial charge in [0.05, 0.1) is 30.4 Å². The quantitative estimate of drug-likeness (QED) is 0.173. The number of rotatable bonds is 8. The van der Waals surface area contributed by atoms with Crippen LogP contribution in [0.1, 0.15) is 21.5 Å². The zero-order chi connectivity index (χ0) is 29.7. The molecule has 0 radical (unpaired) electrons. The van der Waals surface area contributed by atoms with E-state index in [0.29, 0.717) is 22.3 Å². The van der Waals surface area contributed by atoms with Crippen LogP contribution in [0.3, 0.4) is 0 Å². The first-order valence-electron chi connectivity index (χ1n) is 12.3. The van der Waals surface area contributed by atoms with Crippen molar-refractivity contribution in [1.29, 1.82) is 0 Å². The first kappa shape index (κ1) is 29.6. The van der Waals surface area contributed by atoms with Gasteiger partial charge in [-0.25, -0.2) is 9.18 Å². The van der Waals surface area contributed by atoms with Crippen LogP contribution < -0.4 is 10.1 Å². The van der Waals surface area contributed by atoms with Crippen LogP contribution in [0.15, 0.2) is 84.9 Å². The fourth-order valence-corrected chi connectivity index (χ4v) is 4.41. The molecular formula is C31H24ClF4NO4. The second kappa shape index (κ2) is 12.4. The maximum atomic E-state index is 13.5. The summed E-state index contributed by atoms with van der Waals surface area (Å²) in [5.41, 5.74) is 2.44. The highest BCUT2D eigenvalue weighted by Crippen LogP contribution is 2.32. The molecule has 0 fully saturated rings. The molecule has 41 heavy (non-hydrogen) atoms. The average molecular weight is 586 g/mol. The predicted molar refractivity (Wildman–Crippen MR) is 147 cm³/mol. The Morgan fingerprint density at radius 3 is 1.95 bits per heavy atom. The molecule has 0 spiro atoms. The van der Waals surface area contributed by atoms with E-state index in [9.17, 15) is 27.2 Å². The summed E-state index contributed by atoms with van der Waals surface area (Å²) in [6.07, 6.45) is -4.37. The molecule has 4 rings (SSSR count). The number of benzene rings is 4. The topological polar surface area (TPSA) is 64.6 Å². The molecule has 1 atom stereocenters. The van der Waals surface area contributed by atoms with E-state index in [1.165, 1.54) is 50.6 Å². The second-order valence-corrected chi connectivity index (χ2v) is 9.48. The van der Waals surface area contributed by atoms with Crippen molar-refractivity contribution in [3.63, 3.8) is 0 Å². The third-order valence-corrected chi connectivity index (χ3v) is 6.72. The summed E-state index contributed by atoms with van der Waals surface area (Å²) in [5, 5.41) is 2.67. The summed E-state index contributed by atoms with van der Waals surface area (Å²) in [7, 11) is 2.58. The number of nitrogens with one attached hydrogen (secondary N) is 1. The molecule has 212 valence electrons. The van der Waals surface area contributed by atoms with Crippen molar-refractivity contribution in [2.24, 2.45) is 0 Å². The van der Waals surface area contributed by atoms with Crippen LogP contribution in [-0.4, -0.2) is 32.1 Å². The van der Waals surface area contributed by atoms with Crippen molar-refractivity contribution < 1.29 is 36.6 Å². The molecule has 0 heterocycles. The summed E-state index contributed by atoms with van der Waals surface area (Å²) >= 11 is 5.89. The minimum Gasteiger partial charge on any atom is -0.496 e. The number of carbonyl (C=O) groups is 2. The van der Waals surface area contributed by atoms with Crippen LogP contribution in [0, 0.1) is 5.82 Å². The number of hydrogen-bond donors (Lipinski definition) is 1. The lowest BCUT2D eigenvalue weighted by atomic mass is 9.99. The Hall–Kier alpha value is -4.37. The number of carbonyl (C=O) groups excluding carboxylic acids is 2. The first-order chi connectivity index (χ1) is 19.5. The van der Waals surface area contributed by atoms with Gasteiger partial charge in [-0.1, -0.05) is 60.1 Å². The van der Waals surface area contributed by atoms with Crippen molar-refractivity contribution in [2.75, 3.05) is 14.2 Å². The van der Waals surface area contributed by atoms with Gasteiger partial charge in [0.15, 0.2) is 0 Å². The second-order valence-electron chi connectivity index (χ2n) is 9.07. The molecule has 5 nitrogen and oxygen atoms in total. The Morgan fingerprint density at radius 1 is 0.829 bits per heavy atom. The molecule has 1 N–H and O–H groups in total. The van der Waals surface area contributed by atoms with E-state index < -0.39 is 35.5 Å². The normalized spacial score (nSPS) is 12.0. The molecule has 4 aromatic carbocycles. The molecular weight excluding hydrogens is 562 g/mol. The van der Waals surface area contributed by atoms with Gasteiger partial charge in [0.25, 0.3) is 5.91 Å². The minimum absolute atomic E-state index is 0.00198. The average Bonchev–Trinajstić information content (AvgIpc) is 2.97. The molecule has 4 aromatic rings. The van der Waals surface area contributed by atoms with Crippen LogP contribution in [0.25, 0.3) is 22.3 Å². The molecule has 0 aliphatic heterocycles. The maximum Gasteiger partial charge on any atom is 0.416 e. The van der Waals surface area contributed by atoms with Gasteiger partial charge in [-0.05, 0) is 64.2 Å². The van der Waals surface area contributed by atoms with Crippen LogP contribution >= 0.6 is 11.6 Å². The number of ether oxygens (including phenoxy) is 2. The molecule has 0 saturated heterocycles. The van der Waals surface area contributed by atoms with Gasteiger partial charge in [0.2, 0.25) is 0 Å². The zero-order valence-electron chi connectivity index (χ0n) is 21.9. The maximum absolute atomic E-state index is 13.5. The van der Waals surface area contributed by atoms with E-state index in [2.05, 4.69) is 5.32 Å². The lowest BCUT2D eigenvalue weighted by Gasteiger charge is -2.18. The largest absolute Gasteiger partial charge is 0.496 e. The van der Waals surface area contributed by atoms with Crippen molar-refractivity contribution >= 4 is 23.5 Å². The zero-order valence-corrected chi connectivity index (χ0v) is 22.6. The Kier molecular flexibility index (Phi) is 8.98. The van der Waals surface area contributed by atoms with Crippen molar-refractivity contribution in [3.05, 3.63) is 112 Å². The number of esters is 1. The highest BCUT2D eigenvalue weighted by molar-refractivity contribution is 6.31. The van der Waals surface area contributed by atoms with Crippen LogP contribution in [0.2, 0.25) is 5.02 Å². The van der Waals surface area contributed by atoms with E-state index in [1.807, 2.05) is 0 Å². The number of alkyl halides is 3. The van der Waals surface area contributed by atoms with Crippen LogP contribution in [-0.2, 0) is 22.1 Å². The molecule has 0 aromatic heterocycles. The van der Waals surface area contributed by atoms with E-state index in [4.69, 9.17) is 21.1 Å². The Bertz CT molecular complexity index is 1550. The van der Waals surface area contributed by atoms with Gasteiger partial charge < -0.3 is 14.8 Å². The molecule has 10 heteroatoms. The minimum atomic E-state index is -4.47. The monoisotopic (exact) mass is 585 g/mol. The third-order valence-electron chi connectivity index (χ3n) is 6.43. The summed E-state index contributed by atoms with van der Waals surface area (Å²) < 4.78 is 62.6. The van der Waals surface area contributed by atoms with Crippen molar-refractivity contribution in [1.82, 2.24) is 5.32 Å². The summed E-state index contributed by atoms with van der Waals surface area (Å²) in [6, 6.07) is 19.6. The summed E-state index contributed by atoms with van der Waals surface area (Å²) in [4.78, 5) is 25.9. The van der Waals surface area contributed by atoms with Gasteiger partial charge in [0.1, 0.15) is 17.6 Å². The molecule has 0 aliphatic carbocycles. The van der Waals surface area contributed by atoms with E-state index in [1.54, 1.807) is 36.4 Å². The van der Waals surface area contributed by atoms with Gasteiger partial charge >= 0.3 is 12.1 Å². The van der Waals surface area contributed by atoms with E-state index >= 15 is 0 Å². The Morgan fingerprint density at radius 2 is 1.39 bits per heavy atom. The molecule has 0 saturated carbocycles. The smallest absolute Gasteiger partial charge is 0.416 e. The fraction of sp³-hybridized carbons (Fsp3) is 0.161. The Balaban J connectivity index is 1.55. The third kappa shape index (κ3) is 7.05. The van der Waals surface area contributed by atoms with Gasteiger partial charge in [-0.15, -0.1) is 0 Å². The van der Waals surface area contributed by atoms with E-state index in [-0.39, 0.29) is 22.8 Å². The lowest BCUT2D eigenvalue weighted by Crippen LogP contribution is -2.43. The van der Waals surface area contributed by atoms with Gasteiger partial charge in [-0.3, -0.25) is 4.79 Å². The summed E-state index contributed by atoms with van der Waals surface area (Å²) in [5.74, 6) is -1.62. The summed E-state index contributed by atoms with van der Waals surface area (Å²) in [6.45, 7) is 0. The highest BCUT2D eigenvalue weighted by atomic mass is 35.5. The SMILES string of the molecule is COC(=O)[C@@H](Cc1ccc(-c2ccc(F)c(Cl)c2)cc1)NC(=O)c1cc(-c2ccc(C(F)(F)F)cc2)ccc1OC. The number of methoxy groups -OCH3 is 2. The van der Waals surface area contributed by atoms with Crippen molar-refractivity contribution in [2.45, 2.75) is 18.6 Å². The number of halogens is 5. The lowest BCUT2D eigenvalue weighted by molar-refractivity contribution is -0.143. The van der Waals surface area contributed by atoms with Gasteiger partial charge in [-0.2, -0.15) is 13.2 Å². The van der Waals surface area contributed by atoms with E-state index in [0.717, 1.165) is 17.7 Å². The standard InChI is InChI=1S/C31H24ClF4NO4/c1-40-28-14-10-21(20-7-11-23(12-8-20)31(34,35)36)16-24(28)29(38)37-27(30(39)41-2)15-18-3-5-19(6-4-18)22-9-13-26(33)25(32)17-22/h3-14,16-17,27H,15H2,1-2H3,(H,37,38)/t27-/m1/s1. The fourth-order valence-electron chi connectivity index (χ4n) is 4.23. The van der Waals surface area contributed by atoms with Crippen LogP contribution in [0.5, 0.6) is 5.75 Å².